The van der Waals surface area contributed by atoms with E-state index in [1.54, 1.807) is 50.2 Å². The zero-order valence-corrected chi connectivity index (χ0v) is 23.5. The van der Waals surface area contributed by atoms with Crippen LogP contribution in [0.25, 0.3) is 0 Å². The first-order valence-corrected chi connectivity index (χ1v) is 13.0. The molecule has 0 radical (unpaired) electrons. The van der Waals surface area contributed by atoms with Crippen LogP contribution in [0.15, 0.2) is 47.6 Å². The van der Waals surface area contributed by atoms with Gasteiger partial charge in [0.1, 0.15) is 12.1 Å². The van der Waals surface area contributed by atoms with Gasteiger partial charge in [-0.25, -0.2) is 0 Å². The van der Waals surface area contributed by atoms with Crippen LogP contribution in [-0.2, 0) is 28.7 Å². The standard InChI is InChI=1S/C30H32N2O8/c1-16(33)38-20-13-12-17(14-21(20)37-7)22-23(25(34)28(2,3)4)32-24(19-11-9-8-10-18(19)15-31-32)30(22)26(35)39-29(5,6)40-27(30)36/h8-15,22-24H,1-7H3/t22-,23+,24+/m0/s1. The monoisotopic (exact) mass is 548 g/mol. The Hall–Kier alpha value is -4.21. The Morgan fingerprint density at radius 3 is 2.25 bits per heavy atom. The number of fused-ring (bicyclic) bond motifs is 4. The van der Waals surface area contributed by atoms with Gasteiger partial charge >= 0.3 is 17.9 Å². The second-order valence-electron chi connectivity index (χ2n) is 11.7. The Kier molecular flexibility index (Phi) is 6.28. The molecule has 40 heavy (non-hydrogen) atoms. The van der Waals surface area contributed by atoms with Crippen molar-refractivity contribution >= 4 is 29.9 Å². The van der Waals surface area contributed by atoms with Gasteiger partial charge < -0.3 is 18.9 Å². The summed E-state index contributed by atoms with van der Waals surface area (Å²) in [6.07, 6.45) is 1.62. The highest BCUT2D eigenvalue weighted by Crippen LogP contribution is 2.63. The summed E-state index contributed by atoms with van der Waals surface area (Å²) in [5, 5.41) is 6.20. The van der Waals surface area contributed by atoms with Crippen molar-refractivity contribution in [2.75, 3.05) is 7.11 Å². The molecule has 3 atom stereocenters. The maximum absolute atomic E-state index is 14.3. The fourth-order valence-corrected chi connectivity index (χ4v) is 5.95. The number of carbonyl (C=O) groups is 4. The minimum absolute atomic E-state index is 0.153. The molecule has 3 heterocycles. The number of carbonyl (C=O) groups excluding carboxylic acids is 4. The maximum Gasteiger partial charge on any atom is 0.330 e. The number of esters is 3. The lowest BCUT2D eigenvalue weighted by atomic mass is 9.64. The highest BCUT2D eigenvalue weighted by molar-refractivity contribution is 6.07. The number of hydrogen-bond donors (Lipinski definition) is 0. The van der Waals surface area contributed by atoms with Crippen molar-refractivity contribution in [2.45, 2.75) is 65.3 Å². The normalized spacial score (nSPS) is 24.1. The van der Waals surface area contributed by atoms with Gasteiger partial charge in [-0.3, -0.25) is 24.2 Å². The van der Waals surface area contributed by atoms with Gasteiger partial charge in [-0.1, -0.05) is 51.1 Å². The smallest absolute Gasteiger partial charge is 0.330 e. The average Bonchev–Trinajstić information content (AvgIpc) is 3.18. The summed E-state index contributed by atoms with van der Waals surface area (Å²) < 4.78 is 22.3. The SMILES string of the molecule is COc1cc([C@H]2[C@H](C(=O)C(C)(C)C)N3N=Cc4ccccc4[C@@H]3C23C(=O)OC(C)(C)OC3=O)ccc1OC(C)=O. The van der Waals surface area contributed by atoms with Crippen LogP contribution in [0.1, 0.15) is 70.2 Å². The van der Waals surface area contributed by atoms with Crippen molar-refractivity contribution in [1.82, 2.24) is 5.01 Å². The van der Waals surface area contributed by atoms with Crippen LogP contribution in [0.5, 0.6) is 11.5 Å². The van der Waals surface area contributed by atoms with Gasteiger partial charge in [-0.2, -0.15) is 5.10 Å². The number of hydrogen-bond acceptors (Lipinski definition) is 10. The minimum Gasteiger partial charge on any atom is -0.493 e. The molecule has 2 aromatic carbocycles. The lowest BCUT2D eigenvalue weighted by Gasteiger charge is -2.44. The van der Waals surface area contributed by atoms with Crippen molar-refractivity contribution in [3.05, 3.63) is 59.2 Å². The third kappa shape index (κ3) is 4.04. The molecule has 10 heteroatoms. The van der Waals surface area contributed by atoms with E-state index >= 15 is 0 Å². The number of Topliss-reactive ketones (excluding diaryl/α,β-unsaturated/α-hetero) is 1. The van der Waals surface area contributed by atoms with E-state index in [0.717, 1.165) is 0 Å². The van der Waals surface area contributed by atoms with E-state index in [1.165, 1.54) is 33.9 Å². The molecule has 10 nitrogen and oxygen atoms in total. The molecule has 0 aliphatic carbocycles. The molecule has 0 bridgehead atoms. The van der Waals surface area contributed by atoms with Crippen molar-refractivity contribution in [2.24, 2.45) is 15.9 Å². The fourth-order valence-electron chi connectivity index (χ4n) is 5.95. The van der Waals surface area contributed by atoms with Crippen LogP contribution in [0.3, 0.4) is 0 Å². The molecule has 2 aromatic rings. The van der Waals surface area contributed by atoms with E-state index in [0.29, 0.717) is 16.7 Å². The zero-order valence-electron chi connectivity index (χ0n) is 23.5. The predicted octanol–water partition coefficient (Wildman–Crippen LogP) is 3.91. The zero-order chi connectivity index (χ0) is 29.2. The van der Waals surface area contributed by atoms with Crippen LogP contribution >= 0.6 is 0 Å². The molecule has 210 valence electrons. The van der Waals surface area contributed by atoms with Gasteiger partial charge in [-0.15, -0.1) is 0 Å². The number of hydrazone groups is 1. The summed E-state index contributed by atoms with van der Waals surface area (Å²) in [6.45, 7) is 9.57. The second-order valence-corrected chi connectivity index (χ2v) is 11.7. The number of methoxy groups -OCH3 is 1. The van der Waals surface area contributed by atoms with E-state index in [1.807, 2.05) is 18.2 Å². The number of nitrogens with zero attached hydrogens (tertiary/aromatic N) is 2. The third-order valence-electron chi connectivity index (χ3n) is 7.57. The number of rotatable bonds is 4. The molecule has 0 N–H and O–H groups in total. The van der Waals surface area contributed by atoms with E-state index in [4.69, 9.17) is 18.9 Å². The Balaban J connectivity index is 1.83. The summed E-state index contributed by atoms with van der Waals surface area (Å²) >= 11 is 0. The summed E-state index contributed by atoms with van der Waals surface area (Å²) in [4.78, 5) is 54.4. The highest BCUT2D eigenvalue weighted by atomic mass is 16.7. The molecule has 3 aliphatic heterocycles. The lowest BCUT2D eigenvalue weighted by Crippen LogP contribution is -2.58. The van der Waals surface area contributed by atoms with Crippen LogP contribution in [0.4, 0.5) is 0 Å². The predicted molar refractivity (Wildman–Crippen MR) is 143 cm³/mol. The number of cyclic esters (lactones) is 2. The quantitative estimate of drug-likeness (QED) is 0.318. The number of benzene rings is 2. The van der Waals surface area contributed by atoms with E-state index in [2.05, 4.69) is 5.10 Å². The molecule has 2 saturated heterocycles. The first-order valence-electron chi connectivity index (χ1n) is 13.0. The van der Waals surface area contributed by atoms with E-state index in [9.17, 15) is 19.2 Å². The summed E-state index contributed by atoms with van der Waals surface area (Å²) in [6, 6.07) is 9.93. The maximum atomic E-state index is 14.3. The van der Waals surface area contributed by atoms with Crippen LogP contribution in [0.2, 0.25) is 0 Å². The molecule has 2 fully saturated rings. The first-order chi connectivity index (χ1) is 18.7. The molecular formula is C30H32N2O8. The van der Waals surface area contributed by atoms with Gasteiger partial charge in [0.05, 0.1) is 13.3 Å². The third-order valence-corrected chi connectivity index (χ3v) is 7.57. The van der Waals surface area contributed by atoms with Crippen molar-refractivity contribution < 1.29 is 38.1 Å². The van der Waals surface area contributed by atoms with Crippen molar-refractivity contribution in [3.63, 3.8) is 0 Å². The minimum atomic E-state index is -2.00. The number of ether oxygens (including phenoxy) is 4. The Morgan fingerprint density at radius 1 is 1.00 bits per heavy atom. The van der Waals surface area contributed by atoms with Gasteiger partial charge in [0.15, 0.2) is 17.3 Å². The molecule has 3 aliphatic rings. The van der Waals surface area contributed by atoms with Gasteiger partial charge in [0.2, 0.25) is 5.41 Å². The largest absolute Gasteiger partial charge is 0.493 e. The Labute approximate surface area is 232 Å². The van der Waals surface area contributed by atoms with Crippen molar-refractivity contribution in [3.8, 4) is 11.5 Å². The van der Waals surface area contributed by atoms with Gasteiger partial charge in [-0.05, 0) is 28.8 Å². The highest BCUT2D eigenvalue weighted by Gasteiger charge is 2.75. The molecule has 0 saturated carbocycles. The summed E-state index contributed by atoms with van der Waals surface area (Å²) in [5.74, 6) is -4.66. The molecular weight excluding hydrogens is 516 g/mol. The summed E-state index contributed by atoms with van der Waals surface area (Å²) in [5.41, 5.74) is -1.09. The molecule has 0 aromatic heterocycles. The molecule has 1 spiro atoms. The average molecular weight is 549 g/mol. The topological polar surface area (TPSA) is 121 Å². The van der Waals surface area contributed by atoms with E-state index < -0.39 is 52.5 Å². The summed E-state index contributed by atoms with van der Waals surface area (Å²) in [7, 11) is 1.41. The fraction of sp³-hybridized carbons (Fsp3) is 0.433. The van der Waals surface area contributed by atoms with E-state index in [-0.39, 0.29) is 17.3 Å². The van der Waals surface area contributed by atoms with Crippen molar-refractivity contribution in [1.29, 1.82) is 0 Å². The Bertz CT molecular complexity index is 1430. The van der Waals surface area contributed by atoms with Crippen LogP contribution < -0.4 is 9.47 Å². The molecule has 0 unspecified atom stereocenters. The Morgan fingerprint density at radius 2 is 1.65 bits per heavy atom. The van der Waals surface area contributed by atoms with Gasteiger partial charge in [0.25, 0.3) is 5.79 Å². The molecule has 0 amide bonds. The second kappa shape index (κ2) is 9.18. The lowest BCUT2D eigenvalue weighted by molar-refractivity contribution is -0.254. The molecule has 5 rings (SSSR count). The van der Waals surface area contributed by atoms with Crippen LogP contribution in [-0.4, -0.2) is 53.9 Å². The number of ketones is 1. The van der Waals surface area contributed by atoms with Gasteiger partial charge in [0, 0.05) is 32.1 Å². The first kappa shape index (κ1) is 27.4. The van der Waals surface area contributed by atoms with Crippen LogP contribution in [0, 0.1) is 10.8 Å².